The summed E-state index contributed by atoms with van der Waals surface area (Å²) in [6.45, 7) is 2.40. The van der Waals surface area contributed by atoms with Crippen LogP contribution in [0.5, 0.6) is 5.75 Å². The number of ether oxygens (including phenoxy) is 2. The summed E-state index contributed by atoms with van der Waals surface area (Å²) in [4.78, 5) is 13.9. The van der Waals surface area contributed by atoms with Gasteiger partial charge in [-0.15, -0.1) is 0 Å². The SMILES string of the molecule is O=c1ccc(-c2ccc3c(c2)COC2(CCNCC2)O3)c[nH]1. The lowest BCUT2D eigenvalue weighted by Crippen LogP contribution is -2.49. The van der Waals surface area contributed by atoms with Crippen molar-refractivity contribution in [3.63, 3.8) is 0 Å². The molecule has 4 rings (SSSR count). The first kappa shape index (κ1) is 13.5. The molecule has 1 aromatic heterocycles. The van der Waals surface area contributed by atoms with E-state index >= 15 is 0 Å². The van der Waals surface area contributed by atoms with Crippen molar-refractivity contribution in [1.82, 2.24) is 10.3 Å². The highest BCUT2D eigenvalue weighted by atomic mass is 16.7. The number of piperidine rings is 1. The van der Waals surface area contributed by atoms with E-state index in [9.17, 15) is 4.79 Å². The Morgan fingerprint density at radius 2 is 1.86 bits per heavy atom. The quantitative estimate of drug-likeness (QED) is 0.845. The Hall–Kier alpha value is -2.11. The van der Waals surface area contributed by atoms with Gasteiger partial charge in [0.15, 0.2) is 0 Å². The maximum Gasteiger partial charge on any atom is 0.247 e. The number of aromatic nitrogens is 1. The third-order valence-electron chi connectivity index (χ3n) is 4.33. The predicted molar refractivity (Wildman–Crippen MR) is 82.8 cm³/mol. The van der Waals surface area contributed by atoms with Crippen molar-refractivity contribution in [3.8, 4) is 16.9 Å². The van der Waals surface area contributed by atoms with Crippen molar-refractivity contribution >= 4 is 0 Å². The molecule has 114 valence electrons. The van der Waals surface area contributed by atoms with Crippen molar-refractivity contribution in [2.75, 3.05) is 13.1 Å². The zero-order valence-corrected chi connectivity index (χ0v) is 12.2. The van der Waals surface area contributed by atoms with Crippen LogP contribution in [0.1, 0.15) is 18.4 Å². The molecule has 0 amide bonds. The van der Waals surface area contributed by atoms with Gasteiger partial charge in [0.1, 0.15) is 5.75 Å². The van der Waals surface area contributed by atoms with Crippen LogP contribution in [0.3, 0.4) is 0 Å². The lowest BCUT2D eigenvalue weighted by atomic mass is 10.0. The average Bonchev–Trinajstić information content (AvgIpc) is 2.56. The van der Waals surface area contributed by atoms with Crippen molar-refractivity contribution < 1.29 is 9.47 Å². The first-order chi connectivity index (χ1) is 10.7. The molecule has 2 aromatic rings. The molecule has 0 radical (unpaired) electrons. The third kappa shape index (κ3) is 2.42. The van der Waals surface area contributed by atoms with Gasteiger partial charge >= 0.3 is 0 Å². The highest BCUT2D eigenvalue weighted by Gasteiger charge is 2.38. The first-order valence-corrected chi connectivity index (χ1v) is 7.60. The minimum absolute atomic E-state index is 0.0961. The summed E-state index contributed by atoms with van der Waals surface area (Å²) in [6.07, 6.45) is 3.46. The number of aromatic amines is 1. The zero-order valence-electron chi connectivity index (χ0n) is 12.2. The number of nitrogens with one attached hydrogen (secondary N) is 2. The number of fused-ring (bicyclic) bond motifs is 1. The van der Waals surface area contributed by atoms with Gasteiger partial charge in [-0.3, -0.25) is 4.79 Å². The Kier molecular flexibility index (Phi) is 3.24. The molecule has 1 fully saturated rings. The monoisotopic (exact) mass is 298 g/mol. The third-order valence-corrected chi connectivity index (χ3v) is 4.33. The van der Waals surface area contributed by atoms with E-state index in [1.165, 1.54) is 6.07 Å². The van der Waals surface area contributed by atoms with Crippen molar-refractivity contribution in [1.29, 1.82) is 0 Å². The Morgan fingerprint density at radius 3 is 2.64 bits per heavy atom. The van der Waals surface area contributed by atoms with E-state index in [0.29, 0.717) is 6.61 Å². The molecule has 1 aromatic carbocycles. The largest absolute Gasteiger partial charge is 0.462 e. The van der Waals surface area contributed by atoms with Gasteiger partial charge in [0.25, 0.3) is 0 Å². The molecule has 5 heteroatoms. The fourth-order valence-electron chi connectivity index (χ4n) is 3.05. The highest BCUT2D eigenvalue weighted by molar-refractivity contribution is 5.64. The molecule has 2 N–H and O–H groups in total. The Morgan fingerprint density at radius 1 is 1.05 bits per heavy atom. The van der Waals surface area contributed by atoms with Crippen LogP contribution < -0.4 is 15.6 Å². The molecule has 5 nitrogen and oxygen atoms in total. The lowest BCUT2D eigenvalue weighted by Gasteiger charge is -2.41. The molecule has 3 heterocycles. The summed E-state index contributed by atoms with van der Waals surface area (Å²) in [5, 5.41) is 3.33. The molecule has 22 heavy (non-hydrogen) atoms. The molecule has 0 atom stereocenters. The van der Waals surface area contributed by atoms with Crippen molar-refractivity contribution in [3.05, 3.63) is 52.4 Å². The summed E-state index contributed by atoms with van der Waals surface area (Å²) >= 11 is 0. The fraction of sp³-hybridized carbons (Fsp3) is 0.353. The smallest absolute Gasteiger partial charge is 0.247 e. The molecule has 1 spiro atoms. The molecular weight excluding hydrogens is 280 g/mol. The maximum absolute atomic E-state index is 11.2. The van der Waals surface area contributed by atoms with Crippen LogP contribution in [-0.4, -0.2) is 23.9 Å². The Labute approximate surface area is 128 Å². The van der Waals surface area contributed by atoms with E-state index in [1.54, 1.807) is 6.20 Å². The minimum Gasteiger partial charge on any atom is -0.462 e. The van der Waals surface area contributed by atoms with Crippen LogP contribution in [-0.2, 0) is 11.3 Å². The molecule has 0 unspecified atom stereocenters. The summed E-state index contributed by atoms with van der Waals surface area (Å²) in [5.41, 5.74) is 2.97. The van der Waals surface area contributed by atoms with Gasteiger partial charge in [-0.25, -0.2) is 0 Å². The maximum atomic E-state index is 11.2. The van der Waals surface area contributed by atoms with E-state index in [0.717, 1.165) is 48.4 Å². The summed E-state index contributed by atoms with van der Waals surface area (Å²) in [7, 11) is 0. The average molecular weight is 298 g/mol. The number of pyridine rings is 1. The minimum atomic E-state index is -0.461. The molecule has 0 aliphatic carbocycles. The number of hydrogen-bond donors (Lipinski definition) is 2. The second kappa shape index (κ2) is 5.26. The van der Waals surface area contributed by atoms with Crippen LogP contribution in [0.15, 0.2) is 41.3 Å². The summed E-state index contributed by atoms with van der Waals surface area (Å²) in [5.74, 6) is 0.443. The van der Waals surface area contributed by atoms with Gasteiger partial charge < -0.3 is 19.8 Å². The van der Waals surface area contributed by atoms with Crippen LogP contribution in [0.2, 0.25) is 0 Å². The zero-order chi connectivity index (χ0) is 15.0. The van der Waals surface area contributed by atoms with E-state index in [4.69, 9.17) is 9.47 Å². The van der Waals surface area contributed by atoms with Crippen LogP contribution in [0.4, 0.5) is 0 Å². The van der Waals surface area contributed by atoms with E-state index in [-0.39, 0.29) is 5.56 Å². The van der Waals surface area contributed by atoms with Gasteiger partial charge in [-0.05, 0) is 29.3 Å². The predicted octanol–water partition coefficient (Wildman–Crippen LogP) is 2.03. The Balaban J connectivity index is 1.63. The summed E-state index contributed by atoms with van der Waals surface area (Å²) in [6, 6.07) is 9.44. The molecule has 1 saturated heterocycles. The number of rotatable bonds is 1. The summed E-state index contributed by atoms with van der Waals surface area (Å²) < 4.78 is 12.2. The molecular formula is C17H18N2O3. The Bertz CT molecular complexity index is 727. The first-order valence-electron chi connectivity index (χ1n) is 7.60. The van der Waals surface area contributed by atoms with E-state index in [2.05, 4.69) is 16.4 Å². The van der Waals surface area contributed by atoms with E-state index in [1.807, 2.05) is 18.2 Å². The van der Waals surface area contributed by atoms with E-state index < -0.39 is 5.79 Å². The van der Waals surface area contributed by atoms with Gasteiger partial charge in [-0.1, -0.05) is 6.07 Å². The molecule has 0 bridgehead atoms. The van der Waals surface area contributed by atoms with Crippen LogP contribution in [0, 0.1) is 0 Å². The van der Waals surface area contributed by atoms with Gasteiger partial charge in [-0.2, -0.15) is 0 Å². The second-order valence-corrected chi connectivity index (χ2v) is 5.82. The van der Waals surface area contributed by atoms with Gasteiger partial charge in [0, 0.05) is 43.8 Å². The van der Waals surface area contributed by atoms with Crippen LogP contribution in [0.25, 0.3) is 11.1 Å². The molecule has 0 saturated carbocycles. The fourth-order valence-corrected chi connectivity index (χ4v) is 3.05. The van der Waals surface area contributed by atoms with Crippen molar-refractivity contribution in [2.24, 2.45) is 0 Å². The normalized spacial score (nSPS) is 19.5. The highest BCUT2D eigenvalue weighted by Crippen LogP contribution is 2.37. The number of hydrogen-bond acceptors (Lipinski definition) is 4. The number of H-pyrrole nitrogens is 1. The topological polar surface area (TPSA) is 63.4 Å². The van der Waals surface area contributed by atoms with Crippen molar-refractivity contribution in [2.45, 2.75) is 25.2 Å². The van der Waals surface area contributed by atoms with Gasteiger partial charge in [0.05, 0.1) is 6.61 Å². The molecule has 2 aliphatic heterocycles. The second-order valence-electron chi connectivity index (χ2n) is 5.82. The van der Waals surface area contributed by atoms with Crippen LogP contribution >= 0.6 is 0 Å². The standard InChI is InChI=1S/C17H18N2O3/c20-16-4-2-13(10-19-16)12-1-3-15-14(9-12)11-21-17(22-15)5-7-18-8-6-17/h1-4,9-10,18H,5-8,11H2,(H,19,20). The molecule has 2 aliphatic rings. The van der Waals surface area contributed by atoms with Gasteiger partial charge in [0.2, 0.25) is 11.3 Å². The lowest BCUT2D eigenvalue weighted by molar-refractivity contribution is -0.218. The number of benzene rings is 1.